The fourth-order valence-corrected chi connectivity index (χ4v) is 10.0. The standard InChI is InChI=1S/C59H43N3/c1-59(2)54-21-13-12-20-50(54)51-32-31-49(38-55(51)59)61(47-27-22-41(23-28-47)40-14-6-3-7-15-40)48-29-24-42(25-30-48)43-26-33-56-52(36-43)53-37-44-34-35-60(45-16-8-4-9-17-45)57(44)39-58(53)62(56)46-18-10-5-11-19-46/h3-39H,1-2H3. The Bertz CT molecular complexity index is 3450. The van der Waals surface area contributed by atoms with Gasteiger partial charge in [0.25, 0.3) is 0 Å². The number of benzene rings is 9. The molecule has 9 aromatic carbocycles. The van der Waals surface area contributed by atoms with Crippen LogP contribution in [-0.4, -0.2) is 9.13 Å². The third-order valence-electron chi connectivity index (χ3n) is 13.1. The fourth-order valence-electron chi connectivity index (χ4n) is 10.0. The number of hydrogen-bond donors (Lipinski definition) is 0. The first-order valence-electron chi connectivity index (χ1n) is 21.5. The third-order valence-corrected chi connectivity index (χ3v) is 13.1. The molecule has 0 fully saturated rings. The molecule has 0 radical (unpaired) electrons. The van der Waals surface area contributed by atoms with E-state index in [1.54, 1.807) is 0 Å². The van der Waals surface area contributed by atoms with Crippen LogP contribution in [0.4, 0.5) is 17.1 Å². The highest BCUT2D eigenvalue weighted by atomic mass is 15.1. The minimum atomic E-state index is -0.103. The van der Waals surface area contributed by atoms with Gasteiger partial charge in [0.1, 0.15) is 0 Å². The highest BCUT2D eigenvalue weighted by Crippen LogP contribution is 2.51. The molecule has 1 aliphatic carbocycles. The molecule has 294 valence electrons. The molecule has 0 saturated heterocycles. The lowest BCUT2D eigenvalue weighted by Crippen LogP contribution is -2.16. The van der Waals surface area contributed by atoms with Crippen LogP contribution in [0, 0.1) is 0 Å². The summed E-state index contributed by atoms with van der Waals surface area (Å²) in [6.45, 7) is 4.71. The summed E-state index contributed by atoms with van der Waals surface area (Å²) in [5, 5.41) is 3.70. The smallest absolute Gasteiger partial charge is 0.0562 e. The van der Waals surface area contributed by atoms with Gasteiger partial charge in [-0.25, -0.2) is 0 Å². The van der Waals surface area contributed by atoms with Gasteiger partial charge in [0.15, 0.2) is 0 Å². The zero-order chi connectivity index (χ0) is 41.4. The molecule has 12 rings (SSSR count). The molecule has 0 bridgehead atoms. The quantitative estimate of drug-likeness (QED) is 0.157. The lowest BCUT2D eigenvalue weighted by Gasteiger charge is -2.28. The van der Waals surface area contributed by atoms with E-state index < -0.39 is 0 Å². The van der Waals surface area contributed by atoms with Crippen molar-refractivity contribution in [1.29, 1.82) is 0 Å². The molecule has 0 amide bonds. The van der Waals surface area contributed by atoms with Crippen LogP contribution in [-0.2, 0) is 5.41 Å². The summed E-state index contributed by atoms with van der Waals surface area (Å²) < 4.78 is 4.70. The van der Waals surface area contributed by atoms with Gasteiger partial charge < -0.3 is 14.0 Å². The van der Waals surface area contributed by atoms with E-state index in [0.717, 1.165) is 28.4 Å². The number of hydrogen-bond acceptors (Lipinski definition) is 1. The van der Waals surface area contributed by atoms with Crippen molar-refractivity contribution in [2.45, 2.75) is 19.3 Å². The number of nitrogens with zero attached hydrogens (tertiary/aromatic N) is 3. The Morgan fingerprint density at radius 1 is 0.371 bits per heavy atom. The van der Waals surface area contributed by atoms with E-state index in [0.29, 0.717) is 0 Å². The Balaban J connectivity index is 0.971. The lowest BCUT2D eigenvalue weighted by atomic mass is 9.82. The van der Waals surface area contributed by atoms with Gasteiger partial charge in [-0.2, -0.15) is 0 Å². The number of para-hydroxylation sites is 2. The van der Waals surface area contributed by atoms with Gasteiger partial charge in [-0.1, -0.05) is 141 Å². The second-order valence-corrected chi connectivity index (χ2v) is 17.0. The van der Waals surface area contributed by atoms with Gasteiger partial charge in [-0.3, -0.25) is 0 Å². The molecule has 0 spiro atoms. The van der Waals surface area contributed by atoms with Crippen molar-refractivity contribution < 1.29 is 0 Å². The first-order valence-corrected chi connectivity index (χ1v) is 21.5. The Kier molecular flexibility index (Phi) is 8.20. The van der Waals surface area contributed by atoms with Crippen molar-refractivity contribution in [3.05, 3.63) is 236 Å². The van der Waals surface area contributed by atoms with Crippen molar-refractivity contribution in [1.82, 2.24) is 9.13 Å². The van der Waals surface area contributed by atoms with Crippen molar-refractivity contribution >= 4 is 49.8 Å². The fraction of sp³-hybridized carbons (Fsp3) is 0.0508. The molecule has 62 heavy (non-hydrogen) atoms. The van der Waals surface area contributed by atoms with E-state index in [-0.39, 0.29) is 5.41 Å². The second kappa shape index (κ2) is 14.1. The van der Waals surface area contributed by atoms with Gasteiger partial charge in [0, 0.05) is 56.2 Å². The Morgan fingerprint density at radius 3 is 1.63 bits per heavy atom. The van der Waals surface area contributed by atoms with E-state index in [1.165, 1.54) is 77.2 Å². The molecular weight excluding hydrogens is 751 g/mol. The maximum absolute atomic E-state index is 2.41. The molecule has 2 aromatic heterocycles. The predicted molar refractivity (Wildman–Crippen MR) is 261 cm³/mol. The SMILES string of the molecule is CC1(C)c2ccccc2-c2ccc(N(c3ccc(-c4ccccc4)cc3)c3ccc(-c4ccc5c(c4)c4cc6ccn(-c7ccccc7)c6cc4n5-c4ccccc4)cc3)cc21. The average molecular weight is 794 g/mol. The first kappa shape index (κ1) is 36.0. The summed E-state index contributed by atoms with van der Waals surface area (Å²) >= 11 is 0. The molecule has 0 unspecified atom stereocenters. The molecule has 3 nitrogen and oxygen atoms in total. The average Bonchev–Trinajstić information content (AvgIpc) is 3.97. The van der Waals surface area contributed by atoms with Gasteiger partial charge in [0.05, 0.1) is 16.6 Å². The zero-order valence-corrected chi connectivity index (χ0v) is 34.7. The maximum atomic E-state index is 2.41. The molecule has 2 heterocycles. The van der Waals surface area contributed by atoms with Crippen LogP contribution in [0.1, 0.15) is 25.0 Å². The van der Waals surface area contributed by atoms with Crippen molar-refractivity contribution in [3.8, 4) is 44.8 Å². The predicted octanol–water partition coefficient (Wildman–Crippen LogP) is 15.8. The van der Waals surface area contributed by atoms with Crippen LogP contribution in [0.2, 0.25) is 0 Å². The van der Waals surface area contributed by atoms with Crippen LogP contribution in [0.5, 0.6) is 0 Å². The van der Waals surface area contributed by atoms with Gasteiger partial charge >= 0.3 is 0 Å². The second-order valence-electron chi connectivity index (χ2n) is 17.0. The number of anilines is 3. The largest absolute Gasteiger partial charge is 0.316 e. The zero-order valence-electron chi connectivity index (χ0n) is 34.7. The summed E-state index contributed by atoms with van der Waals surface area (Å²) in [6.07, 6.45) is 2.18. The minimum Gasteiger partial charge on any atom is -0.316 e. The third kappa shape index (κ3) is 5.73. The van der Waals surface area contributed by atoms with Crippen LogP contribution in [0.25, 0.3) is 77.5 Å². The Labute approximate surface area is 362 Å². The topological polar surface area (TPSA) is 13.1 Å². The van der Waals surface area contributed by atoms with Crippen LogP contribution >= 0.6 is 0 Å². The van der Waals surface area contributed by atoms with E-state index in [9.17, 15) is 0 Å². The van der Waals surface area contributed by atoms with Crippen LogP contribution < -0.4 is 4.90 Å². The Morgan fingerprint density at radius 2 is 0.919 bits per heavy atom. The van der Waals surface area contributed by atoms with Crippen LogP contribution in [0.3, 0.4) is 0 Å². The molecule has 0 N–H and O–H groups in total. The monoisotopic (exact) mass is 793 g/mol. The van der Waals surface area contributed by atoms with Crippen molar-refractivity contribution in [2.24, 2.45) is 0 Å². The number of aromatic nitrogens is 2. The Hall–Kier alpha value is -7.88. The molecule has 0 saturated carbocycles. The summed E-state index contributed by atoms with van der Waals surface area (Å²) in [7, 11) is 0. The molecule has 11 aromatic rings. The normalized spacial score (nSPS) is 12.8. The summed E-state index contributed by atoms with van der Waals surface area (Å²) in [6, 6.07) is 79.9. The van der Waals surface area contributed by atoms with E-state index in [1.807, 2.05) is 0 Å². The number of rotatable bonds is 7. The molecule has 1 aliphatic rings. The summed E-state index contributed by atoms with van der Waals surface area (Å²) in [4.78, 5) is 2.40. The first-order chi connectivity index (χ1) is 30.5. The maximum Gasteiger partial charge on any atom is 0.0562 e. The van der Waals surface area contributed by atoms with Gasteiger partial charge in [-0.05, 0) is 136 Å². The lowest BCUT2D eigenvalue weighted by molar-refractivity contribution is 0.660. The summed E-state index contributed by atoms with van der Waals surface area (Å²) in [5.41, 5.74) is 19.3. The highest BCUT2D eigenvalue weighted by Gasteiger charge is 2.35. The van der Waals surface area contributed by atoms with Crippen molar-refractivity contribution in [2.75, 3.05) is 4.90 Å². The van der Waals surface area contributed by atoms with E-state index >= 15 is 0 Å². The molecular formula is C59H43N3. The van der Waals surface area contributed by atoms with Crippen molar-refractivity contribution in [3.63, 3.8) is 0 Å². The molecule has 0 atom stereocenters. The van der Waals surface area contributed by atoms with E-state index in [2.05, 4.69) is 252 Å². The number of fused-ring (bicyclic) bond motifs is 7. The van der Waals surface area contributed by atoms with Gasteiger partial charge in [-0.15, -0.1) is 0 Å². The van der Waals surface area contributed by atoms with Gasteiger partial charge in [0.2, 0.25) is 0 Å². The van der Waals surface area contributed by atoms with Crippen LogP contribution in [0.15, 0.2) is 225 Å². The molecule has 3 heteroatoms. The highest BCUT2D eigenvalue weighted by molar-refractivity contribution is 6.14. The molecule has 0 aliphatic heterocycles. The van der Waals surface area contributed by atoms with E-state index in [4.69, 9.17) is 0 Å². The summed E-state index contributed by atoms with van der Waals surface area (Å²) in [5.74, 6) is 0. The minimum absolute atomic E-state index is 0.103.